The summed E-state index contributed by atoms with van der Waals surface area (Å²) in [6.07, 6.45) is 4.77. The van der Waals surface area contributed by atoms with E-state index in [2.05, 4.69) is 18.8 Å². The largest absolute Gasteiger partial charge is 0.387 e. The Hall–Kier alpha value is -0.640. The summed E-state index contributed by atoms with van der Waals surface area (Å²) in [4.78, 5) is 0. The Kier molecular flexibility index (Phi) is 6.38. The summed E-state index contributed by atoms with van der Waals surface area (Å²) in [5, 5.41) is 17.3. The van der Waals surface area contributed by atoms with Gasteiger partial charge in [0.15, 0.2) is 0 Å². The highest BCUT2D eigenvalue weighted by atomic mass is 32.1. The fraction of sp³-hybridized carbons (Fsp3) is 0.538. The summed E-state index contributed by atoms with van der Waals surface area (Å²) in [5.41, 5.74) is 1.01. The van der Waals surface area contributed by atoms with E-state index in [0.717, 1.165) is 24.8 Å². The molecule has 1 aromatic rings. The minimum Gasteiger partial charge on any atom is -0.387 e. The third-order valence-electron chi connectivity index (χ3n) is 2.74. The van der Waals surface area contributed by atoms with Gasteiger partial charge < -0.3 is 10.4 Å². The van der Waals surface area contributed by atoms with Gasteiger partial charge in [0.1, 0.15) is 0 Å². The molecule has 1 rings (SSSR count). The molecule has 1 heterocycles. The van der Waals surface area contributed by atoms with Crippen molar-refractivity contribution in [2.45, 2.75) is 38.3 Å². The van der Waals surface area contributed by atoms with Gasteiger partial charge in [-0.05, 0) is 41.7 Å². The molecule has 0 aromatic carbocycles. The lowest BCUT2D eigenvalue weighted by Gasteiger charge is -2.18. The number of hydrogen-bond acceptors (Lipinski definition) is 3. The van der Waals surface area contributed by atoms with Crippen LogP contribution in [0.1, 0.15) is 37.9 Å². The average Bonchev–Trinajstić information content (AvgIpc) is 2.82. The highest BCUT2D eigenvalue weighted by molar-refractivity contribution is 7.07. The molecular formula is C13H21NOS. The maximum absolute atomic E-state index is 9.90. The van der Waals surface area contributed by atoms with Crippen LogP contribution < -0.4 is 5.32 Å². The minimum atomic E-state index is -0.385. The first-order chi connectivity index (χ1) is 7.77. The Balaban J connectivity index is 2.29. The van der Waals surface area contributed by atoms with Gasteiger partial charge in [0.2, 0.25) is 0 Å². The molecule has 0 aliphatic carbocycles. The van der Waals surface area contributed by atoms with Gasteiger partial charge in [0.05, 0.1) is 6.10 Å². The molecule has 0 fully saturated rings. The number of thiophene rings is 1. The number of rotatable bonds is 8. The van der Waals surface area contributed by atoms with Crippen LogP contribution in [0.2, 0.25) is 0 Å². The van der Waals surface area contributed by atoms with Crippen molar-refractivity contribution in [3.05, 3.63) is 35.0 Å². The van der Waals surface area contributed by atoms with Crippen molar-refractivity contribution in [1.29, 1.82) is 0 Å². The summed E-state index contributed by atoms with van der Waals surface area (Å²) in [6.45, 7) is 6.52. The summed E-state index contributed by atoms with van der Waals surface area (Å²) in [7, 11) is 0. The van der Waals surface area contributed by atoms with Crippen LogP contribution in [0, 0.1) is 0 Å². The maximum atomic E-state index is 9.90. The van der Waals surface area contributed by atoms with Gasteiger partial charge in [-0.15, -0.1) is 6.58 Å². The van der Waals surface area contributed by atoms with Gasteiger partial charge in [-0.2, -0.15) is 11.3 Å². The van der Waals surface area contributed by atoms with Crippen LogP contribution in [-0.4, -0.2) is 17.7 Å². The van der Waals surface area contributed by atoms with E-state index in [0.29, 0.717) is 12.6 Å². The van der Waals surface area contributed by atoms with E-state index in [4.69, 9.17) is 0 Å². The second-order valence-corrected chi connectivity index (χ2v) is 4.73. The van der Waals surface area contributed by atoms with Gasteiger partial charge in [-0.25, -0.2) is 0 Å². The molecule has 0 spiro atoms. The van der Waals surface area contributed by atoms with E-state index in [1.165, 1.54) is 0 Å². The van der Waals surface area contributed by atoms with Gasteiger partial charge in [-0.3, -0.25) is 0 Å². The second kappa shape index (κ2) is 7.60. The van der Waals surface area contributed by atoms with Crippen molar-refractivity contribution in [3.8, 4) is 0 Å². The number of aliphatic hydroxyl groups is 1. The van der Waals surface area contributed by atoms with Crippen LogP contribution in [0.3, 0.4) is 0 Å². The predicted molar refractivity (Wildman–Crippen MR) is 70.8 cm³/mol. The van der Waals surface area contributed by atoms with E-state index >= 15 is 0 Å². The highest BCUT2D eigenvalue weighted by Gasteiger charge is 2.10. The van der Waals surface area contributed by atoms with Crippen molar-refractivity contribution in [2.24, 2.45) is 0 Å². The molecule has 0 bridgehead atoms. The summed E-state index contributed by atoms with van der Waals surface area (Å²) in [6, 6.07) is 2.45. The number of allylic oxidation sites excluding steroid dienone is 1. The summed E-state index contributed by atoms with van der Waals surface area (Å²) >= 11 is 1.62. The van der Waals surface area contributed by atoms with Crippen molar-refractivity contribution >= 4 is 11.3 Å². The topological polar surface area (TPSA) is 32.3 Å². The van der Waals surface area contributed by atoms with E-state index in [-0.39, 0.29) is 6.10 Å². The Morgan fingerprint density at radius 3 is 3.00 bits per heavy atom. The molecule has 0 radical (unpaired) electrons. The maximum Gasteiger partial charge on any atom is 0.0922 e. The van der Waals surface area contributed by atoms with Gasteiger partial charge >= 0.3 is 0 Å². The summed E-state index contributed by atoms with van der Waals surface area (Å²) < 4.78 is 0. The van der Waals surface area contributed by atoms with Crippen molar-refractivity contribution in [2.75, 3.05) is 6.54 Å². The molecule has 3 heteroatoms. The highest BCUT2D eigenvalue weighted by Crippen LogP contribution is 2.15. The fourth-order valence-electron chi connectivity index (χ4n) is 1.63. The lowest BCUT2D eigenvalue weighted by molar-refractivity contribution is 0.169. The zero-order chi connectivity index (χ0) is 11.8. The average molecular weight is 239 g/mol. The molecule has 0 saturated heterocycles. The SMILES string of the molecule is C=CCCC(CC)NCC(O)c1ccsc1. The lowest BCUT2D eigenvalue weighted by Crippen LogP contribution is -2.32. The third-order valence-corrected chi connectivity index (χ3v) is 3.44. The van der Waals surface area contributed by atoms with E-state index in [1.807, 2.05) is 22.9 Å². The van der Waals surface area contributed by atoms with Crippen LogP contribution in [0.25, 0.3) is 0 Å². The number of nitrogens with one attached hydrogen (secondary N) is 1. The van der Waals surface area contributed by atoms with Crippen molar-refractivity contribution in [1.82, 2.24) is 5.32 Å². The zero-order valence-electron chi connectivity index (χ0n) is 9.86. The molecule has 2 unspecified atom stereocenters. The van der Waals surface area contributed by atoms with E-state index in [9.17, 15) is 5.11 Å². The normalized spacial score (nSPS) is 14.6. The first kappa shape index (κ1) is 13.4. The van der Waals surface area contributed by atoms with Gasteiger partial charge in [0.25, 0.3) is 0 Å². The van der Waals surface area contributed by atoms with Crippen molar-refractivity contribution in [3.63, 3.8) is 0 Å². The Morgan fingerprint density at radius 2 is 2.44 bits per heavy atom. The van der Waals surface area contributed by atoms with Crippen LogP contribution in [0.5, 0.6) is 0 Å². The molecule has 2 nitrogen and oxygen atoms in total. The molecule has 0 amide bonds. The van der Waals surface area contributed by atoms with Crippen LogP contribution >= 0.6 is 11.3 Å². The van der Waals surface area contributed by atoms with Crippen molar-refractivity contribution < 1.29 is 5.11 Å². The van der Waals surface area contributed by atoms with E-state index in [1.54, 1.807) is 11.3 Å². The van der Waals surface area contributed by atoms with Crippen LogP contribution in [-0.2, 0) is 0 Å². The first-order valence-corrected chi connectivity index (χ1v) is 6.76. The molecule has 2 atom stereocenters. The van der Waals surface area contributed by atoms with E-state index < -0.39 is 0 Å². The molecule has 0 aliphatic rings. The molecule has 90 valence electrons. The Bertz CT molecular complexity index is 284. The standard InChI is InChI=1S/C13H21NOS/c1-3-5-6-12(4-2)14-9-13(15)11-7-8-16-10-11/h3,7-8,10,12-15H,1,4-6,9H2,2H3. The summed E-state index contributed by atoms with van der Waals surface area (Å²) in [5.74, 6) is 0. The Labute approximate surface area is 102 Å². The molecule has 1 aromatic heterocycles. The molecule has 0 saturated carbocycles. The number of aliphatic hydroxyl groups excluding tert-OH is 1. The van der Waals surface area contributed by atoms with Gasteiger partial charge in [-0.1, -0.05) is 13.0 Å². The van der Waals surface area contributed by atoms with Gasteiger partial charge in [0, 0.05) is 12.6 Å². The molecular weight excluding hydrogens is 218 g/mol. The Morgan fingerprint density at radius 1 is 1.62 bits per heavy atom. The third kappa shape index (κ3) is 4.47. The zero-order valence-corrected chi connectivity index (χ0v) is 10.7. The quantitative estimate of drug-likeness (QED) is 0.683. The minimum absolute atomic E-state index is 0.385. The molecule has 16 heavy (non-hydrogen) atoms. The number of hydrogen-bond donors (Lipinski definition) is 2. The monoisotopic (exact) mass is 239 g/mol. The smallest absolute Gasteiger partial charge is 0.0922 e. The first-order valence-electron chi connectivity index (χ1n) is 5.82. The van der Waals surface area contributed by atoms with Crippen LogP contribution in [0.15, 0.2) is 29.5 Å². The second-order valence-electron chi connectivity index (χ2n) is 3.95. The van der Waals surface area contributed by atoms with Crippen LogP contribution in [0.4, 0.5) is 0 Å². The molecule has 0 aliphatic heterocycles. The fourth-order valence-corrected chi connectivity index (χ4v) is 2.34. The lowest BCUT2D eigenvalue weighted by atomic mass is 10.1. The predicted octanol–water partition coefficient (Wildman–Crippen LogP) is 3.12. The molecule has 2 N–H and O–H groups in total.